The van der Waals surface area contributed by atoms with E-state index in [2.05, 4.69) is 0 Å². The van der Waals surface area contributed by atoms with E-state index in [4.69, 9.17) is 0 Å². The topological polar surface area (TPSA) is 0 Å². The van der Waals surface area contributed by atoms with E-state index >= 15 is 0 Å². The first-order chi connectivity index (χ1) is 3.68. The lowest BCUT2D eigenvalue weighted by atomic mass is 10.3. The molecule has 0 N–H and O–H groups in total. The van der Waals surface area contributed by atoms with Gasteiger partial charge in [0.15, 0.2) is 6.17 Å². The molecule has 0 saturated carbocycles. The zero-order valence-electron chi connectivity index (χ0n) is 4.70. The van der Waals surface area contributed by atoms with Gasteiger partial charge in [-0.15, -0.1) is 0 Å². The Labute approximate surface area is 49.5 Å². The van der Waals surface area contributed by atoms with Crippen molar-refractivity contribution in [3.8, 4) is 0 Å². The number of rotatable bonds is 3. The van der Waals surface area contributed by atoms with E-state index in [1.165, 1.54) is 0 Å². The van der Waals surface area contributed by atoms with Gasteiger partial charge in [0, 0.05) is 10.2 Å². The summed E-state index contributed by atoms with van der Waals surface area (Å²) in [7, 11) is 0.809. The summed E-state index contributed by atoms with van der Waals surface area (Å²) in [5, 5.41) is 0. The minimum atomic E-state index is -2.77. The highest BCUT2D eigenvalue weighted by molar-refractivity contribution is 6.08. The van der Waals surface area contributed by atoms with Crippen LogP contribution in [0.2, 0.25) is 6.04 Å². The Morgan fingerprint density at radius 3 is 1.88 bits per heavy atom. The molecule has 0 nitrogen and oxygen atoms in total. The van der Waals surface area contributed by atoms with Crippen LogP contribution in [0.5, 0.6) is 0 Å². The van der Waals surface area contributed by atoms with Crippen LogP contribution in [-0.2, 0) is 0 Å². The van der Waals surface area contributed by atoms with E-state index in [-0.39, 0.29) is 6.42 Å². The Hall–Kier alpha value is 0.00688. The molecule has 0 spiro atoms. The summed E-state index contributed by atoms with van der Waals surface area (Å²) in [4.78, 5) is 0. The Morgan fingerprint density at radius 2 is 1.75 bits per heavy atom. The highest BCUT2D eigenvalue weighted by atomic mass is 28.1. The van der Waals surface area contributed by atoms with Gasteiger partial charge in [-0.25, -0.2) is 13.2 Å². The fourth-order valence-electron chi connectivity index (χ4n) is 0.402. The molecule has 0 saturated heterocycles. The third-order valence-corrected chi connectivity index (χ3v) is 1.42. The molecule has 0 aliphatic heterocycles. The van der Waals surface area contributed by atoms with E-state index in [0.717, 1.165) is 10.2 Å². The number of halogens is 3. The Balaban J connectivity index is 3.17. The van der Waals surface area contributed by atoms with Crippen LogP contribution in [0.25, 0.3) is 0 Å². The average Bonchev–Trinajstić information content (AvgIpc) is 1.67. The smallest absolute Gasteiger partial charge is 0.241 e. The number of hydrogen-bond donors (Lipinski definition) is 0. The van der Waals surface area contributed by atoms with E-state index in [0.29, 0.717) is 6.04 Å². The zero-order valence-corrected chi connectivity index (χ0v) is 6.70. The molecule has 1 unspecified atom stereocenters. The Kier molecular flexibility index (Phi) is 3.95. The third kappa shape index (κ3) is 3.07. The van der Waals surface area contributed by atoms with E-state index < -0.39 is 12.6 Å². The lowest BCUT2D eigenvalue weighted by Gasteiger charge is -2.01. The molecular weight excluding hydrogens is 133 g/mol. The van der Waals surface area contributed by atoms with Crippen molar-refractivity contribution < 1.29 is 13.2 Å². The Bertz CT molecular complexity index is 57.2. The van der Waals surface area contributed by atoms with Crippen molar-refractivity contribution in [2.45, 2.75) is 25.1 Å². The maximum Gasteiger partial charge on any atom is 0.269 e. The number of hydrogen-bond acceptors (Lipinski definition) is 0. The molecule has 0 fully saturated rings. The molecule has 0 amide bonds. The van der Waals surface area contributed by atoms with Crippen LogP contribution in [0, 0.1) is 0 Å². The molecule has 0 aromatic rings. The molecule has 0 bridgehead atoms. The van der Waals surface area contributed by atoms with Crippen molar-refractivity contribution in [2.75, 3.05) is 0 Å². The summed E-state index contributed by atoms with van der Waals surface area (Å²) < 4.78 is 34.3. The van der Waals surface area contributed by atoms with Gasteiger partial charge >= 0.3 is 0 Å². The van der Waals surface area contributed by atoms with Gasteiger partial charge in [0.05, 0.1) is 0 Å². The summed E-state index contributed by atoms with van der Waals surface area (Å²) >= 11 is 0. The summed E-state index contributed by atoms with van der Waals surface area (Å²) in [6.45, 7) is 0. The molecule has 0 aliphatic rings. The molecule has 4 heteroatoms. The average molecular weight is 142 g/mol. The third-order valence-electron chi connectivity index (χ3n) is 0.838. The SMILES string of the molecule is FC(F)C(F)CC[SiH3]. The first-order valence-electron chi connectivity index (χ1n) is 2.60. The highest BCUT2D eigenvalue weighted by Crippen LogP contribution is 2.10. The normalized spacial score (nSPS) is 15.0. The van der Waals surface area contributed by atoms with Crippen LogP contribution in [0.4, 0.5) is 13.2 Å². The second-order valence-electron chi connectivity index (χ2n) is 1.64. The van der Waals surface area contributed by atoms with E-state index in [1.807, 2.05) is 0 Å². The second kappa shape index (κ2) is 3.94. The standard InChI is InChI=1S/C4H9F3Si/c5-3(1-2-8)4(6)7/h3-4H,1-2H2,8H3. The summed E-state index contributed by atoms with van der Waals surface area (Å²) in [6.07, 6.45) is -4.62. The molecular formula is C4H9F3Si. The predicted molar refractivity (Wildman–Crippen MR) is 30.3 cm³/mol. The van der Waals surface area contributed by atoms with Gasteiger partial charge in [0.25, 0.3) is 6.43 Å². The maximum absolute atomic E-state index is 11.8. The first kappa shape index (κ1) is 8.01. The molecule has 0 aromatic heterocycles. The minimum Gasteiger partial charge on any atom is -0.241 e. The van der Waals surface area contributed by atoms with Crippen molar-refractivity contribution in [3.05, 3.63) is 0 Å². The summed E-state index contributed by atoms with van der Waals surface area (Å²) in [6, 6.07) is 0.617. The first-order valence-corrected chi connectivity index (χ1v) is 4.02. The van der Waals surface area contributed by atoms with E-state index in [9.17, 15) is 13.2 Å². The van der Waals surface area contributed by atoms with Crippen LogP contribution in [0.3, 0.4) is 0 Å². The summed E-state index contributed by atoms with van der Waals surface area (Å²) in [5.74, 6) is 0. The van der Waals surface area contributed by atoms with Crippen LogP contribution < -0.4 is 0 Å². The van der Waals surface area contributed by atoms with Gasteiger partial charge in [-0.1, -0.05) is 6.04 Å². The maximum atomic E-state index is 11.8. The van der Waals surface area contributed by atoms with Gasteiger partial charge in [0.2, 0.25) is 0 Å². The Morgan fingerprint density at radius 1 is 1.25 bits per heavy atom. The lowest BCUT2D eigenvalue weighted by molar-refractivity contribution is 0.0482. The van der Waals surface area contributed by atoms with Gasteiger partial charge in [0.1, 0.15) is 0 Å². The molecule has 0 rings (SSSR count). The molecule has 0 radical (unpaired) electrons. The van der Waals surface area contributed by atoms with Crippen molar-refractivity contribution >= 4 is 10.2 Å². The molecule has 8 heavy (non-hydrogen) atoms. The summed E-state index contributed by atoms with van der Waals surface area (Å²) in [5.41, 5.74) is 0. The van der Waals surface area contributed by atoms with Crippen molar-refractivity contribution in [1.29, 1.82) is 0 Å². The van der Waals surface area contributed by atoms with Gasteiger partial charge in [-0.3, -0.25) is 0 Å². The lowest BCUT2D eigenvalue weighted by Crippen LogP contribution is -2.10. The molecule has 0 heterocycles. The largest absolute Gasteiger partial charge is 0.269 e. The molecule has 0 aromatic carbocycles. The molecule has 50 valence electrons. The fraction of sp³-hybridized carbons (Fsp3) is 1.00. The molecule has 1 atom stereocenters. The zero-order chi connectivity index (χ0) is 6.57. The van der Waals surface area contributed by atoms with E-state index in [1.54, 1.807) is 0 Å². The van der Waals surface area contributed by atoms with Crippen LogP contribution >= 0.6 is 0 Å². The van der Waals surface area contributed by atoms with Crippen molar-refractivity contribution in [1.82, 2.24) is 0 Å². The van der Waals surface area contributed by atoms with Crippen LogP contribution in [-0.4, -0.2) is 22.8 Å². The van der Waals surface area contributed by atoms with Crippen molar-refractivity contribution in [3.63, 3.8) is 0 Å². The highest BCUT2D eigenvalue weighted by Gasteiger charge is 2.16. The predicted octanol–water partition coefficient (Wildman–Crippen LogP) is 0.763. The minimum absolute atomic E-state index is 0.0316. The molecule has 0 aliphatic carbocycles. The van der Waals surface area contributed by atoms with Crippen molar-refractivity contribution in [2.24, 2.45) is 0 Å². The van der Waals surface area contributed by atoms with Gasteiger partial charge in [-0.05, 0) is 6.42 Å². The fourth-order valence-corrected chi connectivity index (χ4v) is 0.953. The second-order valence-corrected chi connectivity index (χ2v) is 2.64. The monoisotopic (exact) mass is 142 g/mol. The van der Waals surface area contributed by atoms with Gasteiger partial charge < -0.3 is 0 Å². The quantitative estimate of drug-likeness (QED) is 0.510. The number of alkyl halides is 3. The van der Waals surface area contributed by atoms with Crippen LogP contribution in [0.1, 0.15) is 6.42 Å². The van der Waals surface area contributed by atoms with Crippen LogP contribution in [0.15, 0.2) is 0 Å². The van der Waals surface area contributed by atoms with Gasteiger partial charge in [-0.2, -0.15) is 0 Å².